The zero-order valence-corrected chi connectivity index (χ0v) is 9.59. The van der Waals surface area contributed by atoms with Crippen LogP contribution in [0.25, 0.3) is 0 Å². The smallest absolute Gasteiger partial charge is 0.345 e. The summed E-state index contributed by atoms with van der Waals surface area (Å²) in [6.07, 6.45) is -1.35. The van der Waals surface area contributed by atoms with E-state index in [0.29, 0.717) is 0 Å². The Bertz CT molecular complexity index is 377. The van der Waals surface area contributed by atoms with Crippen molar-refractivity contribution >= 4 is 11.9 Å². The monoisotopic (exact) mass is 237 g/mol. The maximum atomic E-state index is 11.4. The van der Waals surface area contributed by atoms with E-state index < -0.39 is 18.0 Å². The van der Waals surface area contributed by atoms with Crippen molar-refractivity contribution in [3.63, 3.8) is 0 Å². The van der Waals surface area contributed by atoms with Gasteiger partial charge >= 0.3 is 5.97 Å². The van der Waals surface area contributed by atoms with Crippen molar-refractivity contribution in [1.29, 1.82) is 0 Å². The Balaban J connectivity index is 2.56. The van der Waals surface area contributed by atoms with Gasteiger partial charge in [0.25, 0.3) is 5.91 Å². The molecule has 1 rings (SSSR count). The first-order valence-electron chi connectivity index (χ1n) is 5.26. The Kier molecular flexibility index (Phi) is 5.16. The lowest BCUT2D eigenvalue weighted by atomic mass is 10.2. The molecule has 0 aliphatic heterocycles. The number of carbonyl (C=O) groups excluding carboxylic acids is 2. The van der Waals surface area contributed by atoms with E-state index >= 15 is 0 Å². The molecule has 92 valence electrons. The van der Waals surface area contributed by atoms with Crippen LogP contribution < -0.4 is 5.73 Å². The molecule has 0 saturated carbocycles. The summed E-state index contributed by atoms with van der Waals surface area (Å²) >= 11 is 0. The molecule has 2 N–H and O–H groups in total. The maximum Gasteiger partial charge on any atom is 0.345 e. The number of esters is 1. The predicted molar refractivity (Wildman–Crippen MR) is 60.8 cm³/mol. The van der Waals surface area contributed by atoms with E-state index in [1.54, 1.807) is 6.92 Å². The predicted octanol–water partition coefficient (Wildman–Crippen LogP) is 0.620. The van der Waals surface area contributed by atoms with Crippen LogP contribution in [-0.2, 0) is 25.7 Å². The Hall–Kier alpha value is -1.88. The minimum absolute atomic E-state index is 0.132. The van der Waals surface area contributed by atoms with Crippen molar-refractivity contribution in [2.45, 2.75) is 19.6 Å². The first-order chi connectivity index (χ1) is 8.15. The molecular weight excluding hydrogens is 222 g/mol. The van der Waals surface area contributed by atoms with Gasteiger partial charge in [-0.2, -0.15) is 0 Å². The molecule has 5 heteroatoms. The van der Waals surface area contributed by atoms with Crippen LogP contribution in [0.3, 0.4) is 0 Å². The van der Waals surface area contributed by atoms with Gasteiger partial charge in [-0.1, -0.05) is 30.3 Å². The number of amides is 1. The summed E-state index contributed by atoms with van der Waals surface area (Å²) in [5.74, 6) is -1.60. The molecule has 0 bridgehead atoms. The number of nitrogens with two attached hydrogens (primary N) is 1. The van der Waals surface area contributed by atoms with Crippen molar-refractivity contribution < 1.29 is 19.1 Å². The largest absolute Gasteiger partial charge is 0.464 e. The number of benzene rings is 1. The van der Waals surface area contributed by atoms with E-state index in [1.165, 1.54) is 0 Å². The summed E-state index contributed by atoms with van der Waals surface area (Å²) in [4.78, 5) is 22.4. The minimum atomic E-state index is -1.35. The normalized spacial score (nSPS) is 11.8. The molecule has 0 heterocycles. The zero-order chi connectivity index (χ0) is 12.7. The van der Waals surface area contributed by atoms with E-state index in [1.807, 2.05) is 30.3 Å². The average Bonchev–Trinajstić information content (AvgIpc) is 2.30. The number of ether oxygens (including phenoxy) is 2. The molecule has 0 fully saturated rings. The third-order valence-electron chi connectivity index (χ3n) is 2.02. The van der Waals surface area contributed by atoms with Crippen molar-refractivity contribution in [2.75, 3.05) is 6.61 Å². The van der Waals surface area contributed by atoms with Gasteiger partial charge in [0.2, 0.25) is 6.10 Å². The molecule has 0 aliphatic carbocycles. The van der Waals surface area contributed by atoms with Crippen molar-refractivity contribution in [3.05, 3.63) is 35.9 Å². The lowest BCUT2D eigenvalue weighted by Crippen LogP contribution is -2.39. The minimum Gasteiger partial charge on any atom is -0.464 e. The lowest BCUT2D eigenvalue weighted by molar-refractivity contribution is -0.162. The molecule has 0 spiro atoms. The topological polar surface area (TPSA) is 78.6 Å². The summed E-state index contributed by atoms with van der Waals surface area (Å²) < 4.78 is 9.84. The van der Waals surface area contributed by atoms with Gasteiger partial charge in [0, 0.05) is 0 Å². The molecule has 1 amide bonds. The SMILES string of the molecule is CCOC(=O)C(OCc1ccccc1)C(N)=O. The van der Waals surface area contributed by atoms with Gasteiger partial charge in [0.15, 0.2) is 0 Å². The van der Waals surface area contributed by atoms with E-state index in [-0.39, 0.29) is 13.2 Å². The van der Waals surface area contributed by atoms with Crippen LogP contribution in [0.1, 0.15) is 12.5 Å². The molecule has 0 radical (unpaired) electrons. The average molecular weight is 237 g/mol. The molecule has 1 aromatic rings. The summed E-state index contributed by atoms with van der Waals surface area (Å²) in [5.41, 5.74) is 5.92. The molecule has 1 atom stereocenters. The summed E-state index contributed by atoms with van der Waals surface area (Å²) in [7, 11) is 0. The lowest BCUT2D eigenvalue weighted by Gasteiger charge is -2.13. The van der Waals surface area contributed by atoms with Crippen LogP contribution in [0.15, 0.2) is 30.3 Å². The summed E-state index contributed by atoms with van der Waals surface area (Å²) in [6, 6.07) is 9.18. The number of primary amides is 1. The van der Waals surface area contributed by atoms with Crippen molar-refractivity contribution in [3.8, 4) is 0 Å². The highest BCUT2D eigenvalue weighted by molar-refractivity contribution is 5.99. The van der Waals surface area contributed by atoms with E-state index in [2.05, 4.69) is 4.74 Å². The van der Waals surface area contributed by atoms with Crippen LogP contribution in [0, 0.1) is 0 Å². The molecule has 1 unspecified atom stereocenters. The summed E-state index contributed by atoms with van der Waals surface area (Å²) in [6.45, 7) is 1.96. The van der Waals surface area contributed by atoms with Gasteiger partial charge in [0.05, 0.1) is 13.2 Å². The number of carbonyl (C=O) groups is 2. The Labute approximate surface area is 99.5 Å². The van der Waals surface area contributed by atoms with Crippen molar-refractivity contribution in [2.24, 2.45) is 5.73 Å². The Morgan fingerprint density at radius 3 is 2.47 bits per heavy atom. The molecule has 0 saturated heterocycles. The van der Waals surface area contributed by atoms with E-state index in [9.17, 15) is 9.59 Å². The quantitative estimate of drug-likeness (QED) is 0.581. The van der Waals surface area contributed by atoms with E-state index in [0.717, 1.165) is 5.56 Å². The number of hydrogen-bond donors (Lipinski definition) is 1. The van der Waals surface area contributed by atoms with Crippen LogP contribution in [0.5, 0.6) is 0 Å². The van der Waals surface area contributed by atoms with Crippen LogP contribution in [-0.4, -0.2) is 24.6 Å². The standard InChI is InChI=1S/C12H15NO4/c1-2-16-12(15)10(11(13)14)17-8-9-6-4-3-5-7-9/h3-7,10H,2,8H2,1H3,(H2,13,14). The third kappa shape index (κ3) is 4.24. The molecule has 1 aromatic carbocycles. The van der Waals surface area contributed by atoms with E-state index in [4.69, 9.17) is 10.5 Å². The zero-order valence-electron chi connectivity index (χ0n) is 9.59. The van der Waals surface area contributed by atoms with Crippen LogP contribution >= 0.6 is 0 Å². The Morgan fingerprint density at radius 2 is 1.94 bits per heavy atom. The maximum absolute atomic E-state index is 11.4. The fourth-order valence-electron chi connectivity index (χ4n) is 1.24. The molecule has 17 heavy (non-hydrogen) atoms. The highest BCUT2D eigenvalue weighted by Gasteiger charge is 2.26. The van der Waals surface area contributed by atoms with Gasteiger partial charge in [-0.15, -0.1) is 0 Å². The highest BCUT2D eigenvalue weighted by atomic mass is 16.6. The van der Waals surface area contributed by atoms with Gasteiger partial charge in [-0.25, -0.2) is 4.79 Å². The molecule has 0 aromatic heterocycles. The fraction of sp³-hybridized carbons (Fsp3) is 0.333. The molecule has 0 aliphatic rings. The first kappa shape index (κ1) is 13.2. The van der Waals surface area contributed by atoms with Gasteiger partial charge < -0.3 is 15.2 Å². The molecular formula is C12H15NO4. The molecule has 5 nitrogen and oxygen atoms in total. The second kappa shape index (κ2) is 6.65. The first-order valence-corrected chi connectivity index (χ1v) is 5.26. The van der Waals surface area contributed by atoms with Crippen LogP contribution in [0.4, 0.5) is 0 Å². The third-order valence-corrected chi connectivity index (χ3v) is 2.02. The summed E-state index contributed by atoms with van der Waals surface area (Å²) in [5, 5.41) is 0. The number of rotatable bonds is 6. The van der Waals surface area contributed by atoms with Crippen molar-refractivity contribution in [1.82, 2.24) is 0 Å². The number of hydrogen-bond acceptors (Lipinski definition) is 4. The Morgan fingerprint density at radius 1 is 1.29 bits per heavy atom. The van der Waals surface area contributed by atoms with Gasteiger partial charge in [-0.05, 0) is 12.5 Å². The van der Waals surface area contributed by atoms with Gasteiger partial charge in [-0.3, -0.25) is 4.79 Å². The van der Waals surface area contributed by atoms with Gasteiger partial charge in [0.1, 0.15) is 0 Å². The second-order valence-electron chi connectivity index (χ2n) is 3.33. The fourth-order valence-corrected chi connectivity index (χ4v) is 1.24. The highest BCUT2D eigenvalue weighted by Crippen LogP contribution is 2.04. The second-order valence-corrected chi connectivity index (χ2v) is 3.33. The van der Waals surface area contributed by atoms with Crippen LogP contribution in [0.2, 0.25) is 0 Å².